The Morgan fingerprint density at radius 1 is 1.07 bits per heavy atom. The van der Waals surface area contributed by atoms with E-state index in [0.29, 0.717) is 33.4 Å². The van der Waals surface area contributed by atoms with Crippen LogP contribution in [-0.4, -0.2) is 45.9 Å². The lowest BCUT2D eigenvalue weighted by Crippen LogP contribution is -2.34. The molecule has 0 aliphatic carbocycles. The zero-order valence-electron chi connectivity index (χ0n) is 15.6. The average Bonchev–Trinajstić information content (AvgIpc) is 2.71. The number of amides is 2. The van der Waals surface area contributed by atoms with E-state index in [9.17, 15) is 9.59 Å². The molecule has 8 nitrogen and oxygen atoms in total. The standard InChI is InChI=1S/C19H20ClN3O5/c1-26-15-7-12(8-16(27-2)18(15)28-3)10-22-23-17(24)11-21-19(25)13-5-4-6-14(20)9-13/h4-10H,11H2,1-3H3,(H,21,25)(H,23,24)/b22-10-. The van der Waals surface area contributed by atoms with E-state index in [0.717, 1.165) is 0 Å². The Morgan fingerprint density at radius 3 is 2.32 bits per heavy atom. The number of nitrogens with zero attached hydrogens (tertiary/aromatic N) is 1. The molecule has 2 aromatic carbocycles. The summed E-state index contributed by atoms with van der Waals surface area (Å²) in [6.45, 7) is -0.238. The summed E-state index contributed by atoms with van der Waals surface area (Å²) in [5, 5.41) is 6.79. The molecule has 0 aliphatic heterocycles. The third-order valence-corrected chi connectivity index (χ3v) is 3.82. The van der Waals surface area contributed by atoms with E-state index in [1.54, 1.807) is 30.3 Å². The second kappa shape index (κ2) is 10.2. The predicted molar refractivity (Wildman–Crippen MR) is 106 cm³/mol. The quantitative estimate of drug-likeness (QED) is 0.518. The predicted octanol–water partition coefficient (Wildman–Crippen LogP) is 2.25. The van der Waals surface area contributed by atoms with Crippen LogP contribution >= 0.6 is 11.6 Å². The van der Waals surface area contributed by atoms with E-state index >= 15 is 0 Å². The summed E-state index contributed by atoms with van der Waals surface area (Å²) in [5.74, 6) is 0.479. The highest BCUT2D eigenvalue weighted by molar-refractivity contribution is 6.31. The van der Waals surface area contributed by atoms with Gasteiger partial charge in [0.15, 0.2) is 11.5 Å². The van der Waals surface area contributed by atoms with Crippen molar-refractivity contribution in [3.05, 3.63) is 52.5 Å². The minimum atomic E-state index is -0.487. The number of hydrazone groups is 1. The Labute approximate surface area is 167 Å². The van der Waals surface area contributed by atoms with E-state index in [-0.39, 0.29) is 6.54 Å². The van der Waals surface area contributed by atoms with E-state index in [4.69, 9.17) is 25.8 Å². The van der Waals surface area contributed by atoms with Crippen LogP contribution in [0.25, 0.3) is 0 Å². The Kier molecular flexibility index (Phi) is 7.65. The minimum absolute atomic E-state index is 0.238. The average molecular weight is 406 g/mol. The molecule has 0 saturated carbocycles. The van der Waals surface area contributed by atoms with Gasteiger partial charge in [0, 0.05) is 16.1 Å². The van der Waals surface area contributed by atoms with Gasteiger partial charge in [-0.3, -0.25) is 9.59 Å². The van der Waals surface area contributed by atoms with Crippen molar-refractivity contribution < 1.29 is 23.8 Å². The first-order valence-corrected chi connectivity index (χ1v) is 8.52. The number of ether oxygens (including phenoxy) is 3. The highest BCUT2D eigenvalue weighted by Crippen LogP contribution is 2.37. The molecule has 0 fully saturated rings. The third kappa shape index (κ3) is 5.62. The van der Waals surface area contributed by atoms with Crippen LogP contribution in [-0.2, 0) is 4.79 Å². The van der Waals surface area contributed by atoms with Crippen molar-refractivity contribution in [2.45, 2.75) is 0 Å². The minimum Gasteiger partial charge on any atom is -0.493 e. The number of carbonyl (C=O) groups is 2. The Balaban J connectivity index is 1.93. The van der Waals surface area contributed by atoms with Crippen LogP contribution in [0.3, 0.4) is 0 Å². The highest BCUT2D eigenvalue weighted by atomic mass is 35.5. The molecule has 0 saturated heterocycles. The summed E-state index contributed by atoms with van der Waals surface area (Å²) in [6, 6.07) is 9.77. The fraction of sp³-hybridized carbons (Fsp3) is 0.211. The van der Waals surface area contributed by atoms with Gasteiger partial charge in [-0.05, 0) is 30.3 Å². The van der Waals surface area contributed by atoms with Gasteiger partial charge in [-0.25, -0.2) is 5.43 Å². The Bertz CT molecular complexity index is 861. The highest BCUT2D eigenvalue weighted by Gasteiger charge is 2.12. The van der Waals surface area contributed by atoms with Crippen LogP contribution in [0.5, 0.6) is 17.2 Å². The molecule has 2 rings (SSSR count). The summed E-state index contributed by atoms with van der Waals surface area (Å²) < 4.78 is 15.7. The molecule has 0 bridgehead atoms. The number of rotatable bonds is 8. The first-order valence-electron chi connectivity index (χ1n) is 8.14. The van der Waals surface area contributed by atoms with E-state index in [2.05, 4.69) is 15.8 Å². The van der Waals surface area contributed by atoms with Crippen LogP contribution in [0.4, 0.5) is 0 Å². The van der Waals surface area contributed by atoms with Gasteiger partial charge in [0.1, 0.15) is 0 Å². The monoisotopic (exact) mass is 405 g/mol. The van der Waals surface area contributed by atoms with Crippen LogP contribution in [0.1, 0.15) is 15.9 Å². The van der Waals surface area contributed by atoms with Crippen molar-refractivity contribution in [2.24, 2.45) is 5.10 Å². The summed E-state index contributed by atoms with van der Waals surface area (Å²) in [7, 11) is 4.51. The summed E-state index contributed by atoms with van der Waals surface area (Å²) >= 11 is 5.84. The molecule has 2 N–H and O–H groups in total. The maximum Gasteiger partial charge on any atom is 0.259 e. The normalized spacial score (nSPS) is 10.4. The third-order valence-electron chi connectivity index (χ3n) is 3.59. The largest absolute Gasteiger partial charge is 0.493 e. The topological polar surface area (TPSA) is 98.2 Å². The molecule has 0 radical (unpaired) electrons. The number of methoxy groups -OCH3 is 3. The summed E-state index contributed by atoms with van der Waals surface area (Å²) in [5.41, 5.74) is 3.31. The second-order valence-electron chi connectivity index (χ2n) is 5.44. The fourth-order valence-electron chi connectivity index (χ4n) is 2.29. The molecule has 0 aliphatic rings. The first kappa shape index (κ1) is 21.0. The molecule has 148 valence electrons. The number of halogens is 1. The van der Waals surface area contributed by atoms with Gasteiger partial charge >= 0.3 is 0 Å². The van der Waals surface area contributed by atoms with Crippen LogP contribution in [0.2, 0.25) is 5.02 Å². The number of hydrogen-bond donors (Lipinski definition) is 2. The van der Waals surface area contributed by atoms with Crippen molar-refractivity contribution in [2.75, 3.05) is 27.9 Å². The lowest BCUT2D eigenvalue weighted by molar-refractivity contribution is -0.120. The number of benzene rings is 2. The molecule has 0 aromatic heterocycles. The van der Waals surface area contributed by atoms with E-state index in [1.165, 1.54) is 33.6 Å². The van der Waals surface area contributed by atoms with Gasteiger partial charge < -0.3 is 19.5 Å². The zero-order chi connectivity index (χ0) is 20.5. The summed E-state index contributed by atoms with van der Waals surface area (Å²) in [4.78, 5) is 23.8. The molecule has 2 amide bonds. The van der Waals surface area contributed by atoms with E-state index < -0.39 is 11.8 Å². The van der Waals surface area contributed by atoms with Gasteiger partial charge in [-0.1, -0.05) is 17.7 Å². The van der Waals surface area contributed by atoms with Gasteiger partial charge in [0.05, 0.1) is 34.1 Å². The zero-order valence-corrected chi connectivity index (χ0v) is 16.4. The molecule has 0 unspecified atom stereocenters. The number of hydrogen-bond acceptors (Lipinski definition) is 6. The molecule has 9 heteroatoms. The van der Waals surface area contributed by atoms with E-state index in [1.807, 2.05) is 0 Å². The van der Waals surface area contributed by atoms with Crippen molar-refractivity contribution >= 4 is 29.6 Å². The smallest absolute Gasteiger partial charge is 0.259 e. The van der Waals surface area contributed by atoms with Gasteiger partial charge in [-0.2, -0.15) is 5.10 Å². The van der Waals surface area contributed by atoms with Crippen molar-refractivity contribution in [3.8, 4) is 17.2 Å². The van der Waals surface area contributed by atoms with Crippen molar-refractivity contribution in [3.63, 3.8) is 0 Å². The lowest BCUT2D eigenvalue weighted by Gasteiger charge is -2.12. The van der Waals surface area contributed by atoms with Gasteiger partial charge in [0.25, 0.3) is 11.8 Å². The second-order valence-corrected chi connectivity index (χ2v) is 5.88. The maximum absolute atomic E-state index is 12.0. The molecule has 28 heavy (non-hydrogen) atoms. The Hall–Kier alpha value is -3.26. The van der Waals surface area contributed by atoms with Crippen LogP contribution in [0.15, 0.2) is 41.5 Å². The number of nitrogens with one attached hydrogen (secondary N) is 2. The fourth-order valence-corrected chi connectivity index (χ4v) is 2.48. The maximum atomic E-state index is 12.0. The first-order chi connectivity index (χ1) is 13.5. The molecule has 0 heterocycles. The van der Waals surface area contributed by atoms with Crippen LogP contribution < -0.4 is 25.0 Å². The SMILES string of the molecule is COc1cc(/C=N\NC(=O)CNC(=O)c2cccc(Cl)c2)cc(OC)c1OC. The molecule has 0 spiro atoms. The molecule has 0 atom stereocenters. The van der Waals surface area contributed by atoms with Crippen molar-refractivity contribution in [1.82, 2.24) is 10.7 Å². The molecular formula is C19H20ClN3O5. The molecule has 2 aromatic rings. The lowest BCUT2D eigenvalue weighted by atomic mass is 10.2. The molecular weight excluding hydrogens is 386 g/mol. The number of carbonyl (C=O) groups excluding carboxylic acids is 2. The van der Waals surface area contributed by atoms with Crippen molar-refractivity contribution in [1.29, 1.82) is 0 Å². The van der Waals surface area contributed by atoms with Crippen LogP contribution in [0, 0.1) is 0 Å². The Morgan fingerprint density at radius 2 is 1.75 bits per heavy atom. The van der Waals surface area contributed by atoms with Gasteiger partial charge in [0.2, 0.25) is 5.75 Å². The summed E-state index contributed by atoms with van der Waals surface area (Å²) in [6.07, 6.45) is 1.42. The van der Waals surface area contributed by atoms with Gasteiger partial charge in [-0.15, -0.1) is 0 Å².